The van der Waals surface area contributed by atoms with Crippen LogP contribution in [0.1, 0.15) is 33.8 Å². The average molecular weight is 578 g/mol. The molecule has 1 heterocycles. The third-order valence-corrected chi connectivity index (χ3v) is 6.98. The fourth-order valence-corrected chi connectivity index (χ4v) is 4.71. The van der Waals surface area contributed by atoms with Crippen LogP contribution in [0.25, 0.3) is 0 Å². The van der Waals surface area contributed by atoms with Crippen LogP contribution in [-0.2, 0) is 11.2 Å². The molecule has 0 fully saturated rings. The van der Waals surface area contributed by atoms with Gasteiger partial charge in [0, 0.05) is 22.2 Å². The van der Waals surface area contributed by atoms with Gasteiger partial charge < -0.3 is 19.4 Å². The van der Waals surface area contributed by atoms with Gasteiger partial charge in [0.25, 0.3) is 5.91 Å². The summed E-state index contributed by atoms with van der Waals surface area (Å²) in [6, 6.07) is 26.3. The highest BCUT2D eigenvalue weighted by Crippen LogP contribution is 2.38. The normalized spacial score (nSPS) is 14.0. The number of amides is 1. The first-order valence-corrected chi connectivity index (χ1v) is 13.4. The molecule has 4 aromatic rings. The number of hydrogen-bond acceptors (Lipinski definition) is 5. The molecule has 0 bridgehead atoms. The van der Waals surface area contributed by atoms with Crippen LogP contribution in [-0.4, -0.2) is 35.2 Å². The van der Waals surface area contributed by atoms with E-state index in [2.05, 4.69) is 0 Å². The number of benzene rings is 4. The van der Waals surface area contributed by atoms with Gasteiger partial charge in [-0.05, 0) is 66.9 Å². The summed E-state index contributed by atoms with van der Waals surface area (Å²) in [4.78, 5) is 31.0. The second-order valence-corrected chi connectivity index (χ2v) is 10.0. The van der Waals surface area contributed by atoms with Crippen molar-refractivity contribution >= 4 is 35.1 Å². The maximum Gasteiger partial charge on any atom is 0.311 e. The Morgan fingerprint density at radius 3 is 2.40 bits per heavy atom. The van der Waals surface area contributed by atoms with E-state index in [4.69, 9.17) is 37.5 Å². The molecule has 0 spiro atoms. The molecule has 1 aliphatic heterocycles. The van der Waals surface area contributed by atoms with E-state index in [0.717, 1.165) is 5.56 Å². The highest BCUT2D eigenvalue weighted by Gasteiger charge is 2.28. The average Bonchev–Trinajstić information content (AvgIpc) is 2.97. The largest absolute Gasteiger partial charge is 0.493 e. The summed E-state index contributed by atoms with van der Waals surface area (Å²) in [5.74, 6) is -0.184. The van der Waals surface area contributed by atoms with E-state index in [1.807, 2.05) is 30.3 Å². The molecule has 9 heteroatoms. The molecule has 1 unspecified atom stereocenters. The third kappa shape index (κ3) is 6.50. The van der Waals surface area contributed by atoms with Crippen LogP contribution in [0.5, 0.6) is 23.0 Å². The van der Waals surface area contributed by atoms with Crippen molar-refractivity contribution in [3.05, 3.63) is 118 Å². The minimum Gasteiger partial charge on any atom is -0.493 e. The number of halogens is 2. The Balaban J connectivity index is 1.33. The Morgan fingerprint density at radius 1 is 0.925 bits per heavy atom. The van der Waals surface area contributed by atoms with E-state index in [1.165, 1.54) is 11.1 Å². The highest BCUT2D eigenvalue weighted by atomic mass is 35.5. The maximum atomic E-state index is 13.5. The molecule has 0 saturated carbocycles. The van der Waals surface area contributed by atoms with E-state index < -0.39 is 11.9 Å². The molecule has 40 heavy (non-hydrogen) atoms. The van der Waals surface area contributed by atoms with E-state index in [1.54, 1.807) is 54.6 Å². The number of nitrogens with zero attached hydrogens (tertiary/aromatic N) is 1. The molecule has 5 rings (SSSR count). The summed E-state index contributed by atoms with van der Waals surface area (Å²) in [5, 5.41) is 11.5. The van der Waals surface area contributed by atoms with Crippen molar-refractivity contribution in [2.75, 3.05) is 13.2 Å². The summed E-state index contributed by atoms with van der Waals surface area (Å²) < 4.78 is 11.6. The molecule has 204 valence electrons. The number of carboxylic acids is 1. The van der Waals surface area contributed by atoms with Gasteiger partial charge in [-0.15, -0.1) is 0 Å². The third-order valence-electron chi connectivity index (χ3n) is 6.43. The van der Waals surface area contributed by atoms with Gasteiger partial charge in [0.05, 0.1) is 24.1 Å². The fraction of sp³-hybridized carbons (Fsp3) is 0.161. The molecular weight excluding hydrogens is 553 g/mol. The van der Waals surface area contributed by atoms with Crippen LogP contribution in [0.3, 0.4) is 0 Å². The topological polar surface area (TPSA) is 85.3 Å². The molecule has 1 N–H and O–H groups in total. The predicted molar refractivity (Wildman–Crippen MR) is 152 cm³/mol. The zero-order chi connectivity index (χ0) is 28.1. The van der Waals surface area contributed by atoms with Crippen molar-refractivity contribution in [1.29, 1.82) is 0 Å². The van der Waals surface area contributed by atoms with Crippen molar-refractivity contribution in [1.82, 2.24) is 5.06 Å². The van der Waals surface area contributed by atoms with Gasteiger partial charge in [-0.25, -0.2) is 0 Å². The van der Waals surface area contributed by atoms with Crippen LogP contribution in [0.4, 0.5) is 0 Å². The number of carbonyl (C=O) groups is 2. The Kier molecular flexibility index (Phi) is 8.43. The predicted octanol–water partition coefficient (Wildman–Crippen LogP) is 7.42. The van der Waals surface area contributed by atoms with Crippen molar-refractivity contribution in [3.8, 4) is 23.0 Å². The SMILES string of the molecule is O=C(O)C1CCOc2cc(Oc3ccc(C(=O)N(CCc4ccccc4)Oc4ccc(Cl)cc4)cc3Cl)ccc21. The second-order valence-electron chi connectivity index (χ2n) is 9.16. The molecule has 1 amide bonds. The highest BCUT2D eigenvalue weighted by molar-refractivity contribution is 6.32. The summed E-state index contributed by atoms with van der Waals surface area (Å²) in [5.41, 5.74) is 1.98. The lowest BCUT2D eigenvalue weighted by atomic mass is 9.93. The minimum absolute atomic E-state index is 0.224. The summed E-state index contributed by atoms with van der Waals surface area (Å²) >= 11 is 12.5. The van der Waals surface area contributed by atoms with E-state index in [-0.39, 0.29) is 10.9 Å². The first-order chi connectivity index (χ1) is 19.4. The van der Waals surface area contributed by atoms with Gasteiger partial charge >= 0.3 is 5.97 Å². The van der Waals surface area contributed by atoms with Crippen molar-refractivity contribution in [2.45, 2.75) is 18.8 Å². The van der Waals surface area contributed by atoms with Crippen LogP contribution < -0.4 is 14.3 Å². The molecule has 1 aliphatic rings. The molecule has 0 radical (unpaired) electrons. The van der Waals surface area contributed by atoms with Crippen LogP contribution >= 0.6 is 23.2 Å². The standard InChI is InChI=1S/C31H25Cl2NO6/c32-22-7-9-23(10-8-22)40-34(16-14-20-4-2-1-3-5-20)30(35)21-6-13-28(27(33)18-21)39-24-11-12-25-26(31(36)37)15-17-38-29(25)19-24/h1-13,18-19,26H,14-17H2,(H,36,37). The first-order valence-electron chi connectivity index (χ1n) is 12.6. The molecule has 0 aromatic heterocycles. The van der Waals surface area contributed by atoms with Gasteiger partial charge in [0.1, 0.15) is 17.2 Å². The number of aliphatic carboxylic acids is 1. The molecule has 0 saturated heterocycles. The Labute approximate surface area is 241 Å². The smallest absolute Gasteiger partial charge is 0.311 e. The lowest BCUT2D eigenvalue weighted by molar-refractivity contribution is -0.139. The fourth-order valence-electron chi connectivity index (χ4n) is 4.36. The van der Waals surface area contributed by atoms with Gasteiger partial charge in [-0.3, -0.25) is 9.59 Å². The zero-order valence-electron chi connectivity index (χ0n) is 21.3. The molecule has 1 atom stereocenters. The number of hydroxylamine groups is 2. The van der Waals surface area contributed by atoms with Gasteiger partial charge in [-0.1, -0.05) is 59.6 Å². The number of hydrogen-bond donors (Lipinski definition) is 1. The number of carboxylic acid groups (broad SMARTS) is 1. The lowest BCUT2D eigenvalue weighted by Crippen LogP contribution is -2.36. The van der Waals surface area contributed by atoms with Gasteiger partial charge in [0.2, 0.25) is 0 Å². The molecule has 7 nitrogen and oxygen atoms in total. The number of fused-ring (bicyclic) bond motifs is 1. The minimum atomic E-state index is -0.889. The Bertz CT molecular complexity index is 1510. The van der Waals surface area contributed by atoms with Crippen LogP contribution in [0.2, 0.25) is 10.0 Å². The van der Waals surface area contributed by atoms with Crippen molar-refractivity contribution in [2.24, 2.45) is 0 Å². The van der Waals surface area contributed by atoms with Gasteiger partial charge in [0.15, 0.2) is 5.75 Å². The maximum absolute atomic E-state index is 13.5. The molecule has 4 aromatic carbocycles. The van der Waals surface area contributed by atoms with Crippen molar-refractivity contribution < 1.29 is 29.0 Å². The monoisotopic (exact) mass is 577 g/mol. The quantitative estimate of drug-likeness (QED) is 0.208. The van der Waals surface area contributed by atoms with Gasteiger partial charge in [-0.2, -0.15) is 5.06 Å². The Morgan fingerprint density at radius 2 is 1.68 bits per heavy atom. The number of rotatable bonds is 9. The van der Waals surface area contributed by atoms with Crippen LogP contribution in [0.15, 0.2) is 91.0 Å². The first kappa shape index (κ1) is 27.4. The van der Waals surface area contributed by atoms with Crippen LogP contribution in [0, 0.1) is 0 Å². The summed E-state index contributed by atoms with van der Waals surface area (Å²) in [6.45, 7) is 0.609. The zero-order valence-corrected chi connectivity index (χ0v) is 22.8. The van der Waals surface area contributed by atoms with E-state index >= 15 is 0 Å². The van der Waals surface area contributed by atoms with Crippen molar-refractivity contribution in [3.63, 3.8) is 0 Å². The molecular formula is C31H25Cl2NO6. The number of ether oxygens (including phenoxy) is 2. The number of carbonyl (C=O) groups excluding carboxylic acids is 1. The Hall–Kier alpha value is -4.20. The lowest BCUT2D eigenvalue weighted by Gasteiger charge is -2.24. The van der Waals surface area contributed by atoms with E-state index in [9.17, 15) is 14.7 Å². The second kappa shape index (κ2) is 12.3. The van der Waals surface area contributed by atoms with E-state index in [0.29, 0.717) is 65.1 Å². The summed E-state index contributed by atoms with van der Waals surface area (Å²) in [7, 11) is 0. The molecule has 0 aliphatic carbocycles. The summed E-state index contributed by atoms with van der Waals surface area (Å²) in [6.07, 6.45) is 0.992.